The van der Waals surface area contributed by atoms with Gasteiger partial charge in [0, 0.05) is 24.7 Å². The smallest absolute Gasteiger partial charge is 0.227 e. The Bertz CT molecular complexity index is 1190. The minimum absolute atomic E-state index is 0.0955. The van der Waals surface area contributed by atoms with Crippen LogP contribution in [-0.2, 0) is 14.6 Å². The third-order valence-corrected chi connectivity index (χ3v) is 7.20. The first-order valence-electron chi connectivity index (χ1n) is 10.3. The molecule has 1 aromatic heterocycles. The molecule has 1 amide bonds. The van der Waals surface area contributed by atoms with Gasteiger partial charge >= 0.3 is 0 Å². The van der Waals surface area contributed by atoms with Gasteiger partial charge in [0.05, 0.1) is 4.90 Å². The van der Waals surface area contributed by atoms with Gasteiger partial charge in [-0.1, -0.05) is 17.7 Å². The molecule has 0 spiro atoms. The van der Waals surface area contributed by atoms with Crippen LogP contribution in [0.1, 0.15) is 18.4 Å². The monoisotopic (exact) mass is 454 g/mol. The van der Waals surface area contributed by atoms with Crippen LogP contribution in [0.4, 0.5) is 15.9 Å². The van der Waals surface area contributed by atoms with Gasteiger partial charge in [0.2, 0.25) is 15.7 Å². The molecule has 0 aliphatic carbocycles. The van der Waals surface area contributed by atoms with Crippen molar-refractivity contribution in [1.82, 2.24) is 10.2 Å². The molecule has 1 saturated heterocycles. The number of nitrogens with zero attached hydrogens (tertiary/aromatic N) is 3. The number of halogens is 1. The molecular formula is C23H23FN4O3S. The molecule has 0 radical (unpaired) electrons. The lowest BCUT2D eigenvalue weighted by Crippen LogP contribution is -2.38. The highest BCUT2D eigenvalue weighted by Crippen LogP contribution is 2.25. The Hall–Kier alpha value is -3.33. The molecule has 7 nitrogen and oxygen atoms in total. The van der Waals surface area contributed by atoms with Crippen LogP contribution in [-0.4, -0.2) is 37.6 Å². The number of hydrogen-bond donors (Lipinski definition) is 1. The molecule has 9 heteroatoms. The Morgan fingerprint density at radius 3 is 2.22 bits per heavy atom. The van der Waals surface area contributed by atoms with Crippen molar-refractivity contribution in [3.63, 3.8) is 0 Å². The molecule has 1 fully saturated rings. The van der Waals surface area contributed by atoms with E-state index >= 15 is 0 Å². The van der Waals surface area contributed by atoms with Crippen LogP contribution in [0.15, 0.2) is 70.6 Å². The molecule has 2 aromatic carbocycles. The lowest BCUT2D eigenvalue weighted by molar-refractivity contribution is -0.120. The molecular weight excluding hydrogens is 431 g/mol. The summed E-state index contributed by atoms with van der Waals surface area (Å²) in [6.07, 6.45) is 1.25. The highest BCUT2D eigenvalue weighted by molar-refractivity contribution is 7.91. The molecule has 4 rings (SSSR count). The Morgan fingerprint density at radius 1 is 0.969 bits per heavy atom. The number of carbonyl (C=O) groups excluding carboxylic acids is 1. The summed E-state index contributed by atoms with van der Waals surface area (Å²) in [4.78, 5) is 14.7. The molecule has 2 heterocycles. The van der Waals surface area contributed by atoms with Crippen molar-refractivity contribution in [1.29, 1.82) is 0 Å². The Balaban J connectivity index is 1.37. The Morgan fingerprint density at radius 2 is 1.62 bits per heavy atom. The first-order valence-corrected chi connectivity index (χ1v) is 11.8. The molecule has 1 aliphatic heterocycles. The van der Waals surface area contributed by atoms with E-state index in [4.69, 9.17) is 0 Å². The van der Waals surface area contributed by atoms with Crippen molar-refractivity contribution in [3.05, 3.63) is 72.0 Å². The number of aromatic nitrogens is 2. The van der Waals surface area contributed by atoms with Crippen LogP contribution in [0.25, 0.3) is 0 Å². The minimum atomic E-state index is -3.72. The van der Waals surface area contributed by atoms with Gasteiger partial charge in [-0.05, 0) is 68.3 Å². The fraction of sp³-hybridized carbons (Fsp3) is 0.261. The fourth-order valence-electron chi connectivity index (χ4n) is 3.61. The minimum Gasteiger partial charge on any atom is -0.355 e. The van der Waals surface area contributed by atoms with Gasteiger partial charge in [0.25, 0.3) is 0 Å². The summed E-state index contributed by atoms with van der Waals surface area (Å²) in [5.41, 5.74) is 1.54. The second kappa shape index (κ2) is 9.04. The van der Waals surface area contributed by atoms with Crippen molar-refractivity contribution in [3.8, 4) is 0 Å². The van der Waals surface area contributed by atoms with E-state index in [0.717, 1.165) is 5.56 Å². The number of carbonyl (C=O) groups is 1. The van der Waals surface area contributed by atoms with Crippen molar-refractivity contribution < 1.29 is 17.6 Å². The van der Waals surface area contributed by atoms with E-state index in [-0.39, 0.29) is 27.6 Å². The number of rotatable bonds is 5. The number of sulfone groups is 1. The van der Waals surface area contributed by atoms with E-state index in [1.165, 1.54) is 30.3 Å². The average molecular weight is 455 g/mol. The first kappa shape index (κ1) is 21.9. The average Bonchev–Trinajstić information content (AvgIpc) is 2.81. The summed E-state index contributed by atoms with van der Waals surface area (Å²) < 4.78 is 38.5. The molecule has 166 valence electrons. The summed E-state index contributed by atoms with van der Waals surface area (Å²) in [5, 5.41) is 10.8. The van der Waals surface area contributed by atoms with Crippen molar-refractivity contribution in [2.75, 3.05) is 23.3 Å². The van der Waals surface area contributed by atoms with Crippen molar-refractivity contribution in [2.45, 2.75) is 29.7 Å². The highest BCUT2D eigenvalue weighted by atomic mass is 32.2. The molecule has 32 heavy (non-hydrogen) atoms. The zero-order valence-corrected chi connectivity index (χ0v) is 18.3. The molecule has 3 aromatic rings. The van der Waals surface area contributed by atoms with E-state index in [2.05, 4.69) is 15.5 Å². The zero-order valence-electron chi connectivity index (χ0n) is 17.5. The summed E-state index contributed by atoms with van der Waals surface area (Å²) in [7, 11) is -3.72. The number of piperidine rings is 1. The number of nitrogens with one attached hydrogen (secondary N) is 1. The quantitative estimate of drug-likeness (QED) is 0.633. The van der Waals surface area contributed by atoms with Gasteiger partial charge in [-0.15, -0.1) is 10.2 Å². The van der Waals surface area contributed by atoms with E-state index in [9.17, 15) is 17.6 Å². The van der Waals surface area contributed by atoms with Crippen molar-refractivity contribution >= 4 is 27.2 Å². The fourth-order valence-corrected chi connectivity index (χ4v) is 4.74. The van der Waals surface area contributed by atoms with E-state index < -0.39 is 9.84 Å². The second-order valence-corrected chi connectivity index (χ2v) is 9.70. The summed E-state index contributed by atoms with van der Waals surface area (Å²) in [6, 6.07) is 15.4. The number of amides is 1. The predicted molar refractivity (Wildman–Crippen MR) is 119 cm³/mol. The number of aryl methyl sites for hydroxylation is 1. The van der Waals surface area contributed by atoms with Crippen molar-refractivity contribution in [2.24, 2.45) is 5.92 Å². The number of anilines is 2. The Kier molecular flexibility index (Phi) is 6.18. The van der Waals surface area contributed by atoms with Crippen LogP contribution < -0.4 is 10.2 Å². The molecule has 0 saturated carbocycles. The van der Waals surface area contributed by atoms with Crippen LogP contribution in [0, 0.1) is 18.7 Å². The third-order valence-electron chi connectivity index (χ3n) is 5.53. The van der Waals surface area contributed by atoms with E-state index in [1.54, 1.807) is 30.3 Å². The van der Waals surface area contributed by atoms with Crippen LogP contribution >= 0.6 is 0 Å². The molecule has 0 unspecified atom stereocenters. The number of hydrogen-bond acceptors (Lipinski definition) is 6. The first-order chi connectivity index (χ1) is 15.3. The largest absolute Gasteiger partial charge is 0.355 e. The van der Waals surface area contributed by atoms with E-state index in [1.807, 2.05) is 11.8 Å². The van der Waals surface area contributed by atoms with E-state index in [0.29, 0.717) is 37.4 Å². The van der Waals surface area contributed by atoms with Gasteiger partial charge in [-0.25, -0.2) is 12.8 Å². The number of benzene rings is 2. The maximum Gasteiger partial charge on any atom is 0.227 e. The normalized spacial score (nSPS) is 14.9. The molecule has 1 aliphatic rings. The van der Waals surface area contributed by atoms with Crippen LogP contribution in [0.2, 0.25) is 0 Å². The molecule has 0 atom stereocenters. The second-order valence-electron chi connectivity index (χ2n) is 7.80. The van der Waals surface area contributed by atoms with Gasteiger partial charge in [-0.3, -0.25) is 4.79 Å². The molecule has 1 N–H and O–H groups in total. The maximum atomic E-state index is 13.0. The van der Waals surface area contributed by atoms with Gasteiger partial charge in [0.15, 0.2) is 10.8 Å². The SMILES string of the molecule is Cc1ccc(S(=O)(=O)c2ccc(N3CCC(C(=O)Nc4ccc(F)cc4)CC3)nn2)cc1. The maximum absolute atomic E-state index is 13.0. The third kappa shape index (κ3) is 4.77. The standard InChI is InChI=1S/C23H23FN4O3S/c1-16-2-8-20(9-3-16)32(30,31)22-11-10-21(26-27-22)28-14-12-17(13-15-28)23(29)25-19-6-4-18(24)5-7-19/h2-11,17H,12-15H2,1H3,(H,25,29). The zero-order chi connectivity index (χ0) is 22.7. The topological polar surface area (TPSA) is 92.3 Å². The highest BCUT2D eigenvalue weighted by Gasteiger charge is 2.26. The summed E-state index contributed by atoms with van der Waals surface area (Å²) >= 11 is 0. The molecule has 0 bridgehead atoms. The summed E-state index contributed by atoms with van der Waals surface area (Å²) in [5.74, 6) is -0.0346. The van der Waals surface area contributed by atoms with Gasteiger partial charge in [-0.2, -0.15) is 0 Å². The van der Waals surface area contributed by atoms with Crippen LogP contribution in [0.3, 0.4) is 0 Å². The lowest BCUT2D eigenvalue weighted by atomic mass is 9.96. The Labute approximate surface area is 186 Å². The van der Waals surface area contributed by atoms with Gasteiger partial charge in [0.1, 0.15) is 5.82 Å². The van der Waals surface area contributed by atoms with Gasteiger partial charge < -0.3 is 10.2 Å². The predicted octanol–water partition coefficient (Wildman–Crippen LogP) is 3.61. The summed E-state index contributed by atoms with van der Waals surface area (Å²) in [6.45, 7) is 3.08. The lowest BCUT2D eigenvalue weighted by Gasteiger charge is -2.31. The van der Waals surface area contributed by atoms with Crippen LogP contribution in [0.5, 0.6) is 0 Å².